The highest BCUT2D eigenvalue weighted by Gasteiger charge is 2.42. The Balaban J connectivity index is 1.89. The van der Waals surface area contributed by atoms with Crippen LogP contribution in [-0.4, -0.2) is 33.1 Å². The number of nitriles is 1. The van der Waals surface area contributed by atoms with Gasteiger partial charge < -0.3 is 14.4 Å². The van der Waals surface area contributed by atoms with Crippen molar-refractivity contribution in [3.05, 3.63) is 89.6 Å². The predicted molar refractivity (Wildman–Crippen MR) is 125 cm³/mol. The van der Waals surface area contributed by atoms with Gasteiger partial charge in [-0.25, -0.2) is 4.90 Å². The molecule has 1 aliphatic rings. The van der Waals surface area contributed by atoms with Crippen LogP contribution in [0.4, 0.5) is 11.4 Å². The molecule has 3 aromatic rings. The number of hydrogen-bond acceptors (Lipinski definition) is 6. The summed E-state index contributed by atoms with van der Waals surface area (Å²) in [5, 5.41) is 9.09. The average Bonchev–Trinajstić information content (AvgIpc) is 3.13. The summed E-state index contributed by atoms with van der Waals surface area (Å²) in [5.74, 6) is 0.0392. The molecular weight excluding hydrogens is 418 g/mol. The van der Waals surface area contributed by atoms with E-state index in [1.807, 2.05) is 36.4 Å². The van der Waals surface area contributed by atoms with Crippen LogP contribution in [0, 0.1) is 11.3 Å². The van der Waals surface area contributed by atoms with Crippen LogP contribution in [0.15, 0.2) is 78.5 Å². The van der Waals surface area contributed by atoms with Gasteiger partial charge in [0.2, 0.25) is 0 Å². The highest BCUT2D eigenvalue weighted by atomic mass is 16.5. The molecule has 0 aromatic heterocycles. The molecule has 1 aliphatic heterocycles. The lowest BCUT2D eigenvalue weighted by atomic mass is 10.0. The lowest BCUT2D eigenvalue weighted by molar-refractivity contribution is -0.120. The van der Waals surface area contributed by atoms with E-state index in [0.29, 0.717) is 28.3 Å². The van der Waals surface area contributed by atoms with E-state index in [0.717, 1.165) is 10.6 Å². The fourth-order valence-corrected chi connectivity index (χ4v) is 3.78. The predicted octanol–water partition coefficient (Wildman–Crippen LogP) is 4.00. The molecular formula is C26H21N3O4. The zero-order valence-corrected chi connectivity index (χ0v) is 18.4. The van der Waals surface area contributed by atoms with Gasteiger partial charge >= 0.3 is 0 Å². The van der Waals surface area contributed by atoms with E-state index in [2.05, 4.69) is 0 Å². The van der Waals surface area contributed by atoms with Crippen LogP contribution in [0.25, 0.3) is 5.57 Å². The molecule has 0 atom stereocenters. The van der Waals surface area contributed by atoms with Crippen LogP contribution >= 0.6 is 0 Å². The van der Waals surface area contributed by atoms with Crippen molar-refractivity contribution in [1.82, 2.24) is 0 Å². The van der Waals surface area contributed by atoms with E-state index < -0.39 is 11.8 Å². The second-order valence-electron chi connectivity index (χ2n) is 7.29. The highest BCUT2D eigenvalue weighted by Crippen LogP contribution is 2.38. The Morgan fingerprint density at radius 1 is 0.848 bits per heavy atom. The number of methoxy groups -OCH3 is 2. The summed E-state index contributed by atoms with van der Waals surface area (Å²) in [7, 11) is 4.79. The number of rotatable bonds is 6. The molecule has 7 heteroatoms. The zero-order chi connectivity index (χ0) is 23.5. The molecule has 2 amide bonds. The van der Waals surface area contributed by atoms with Crippen molar-refractivity contribution in [1.29, 1.82) is 5.26 Å². The second-order valence-corrected chi connectivity index (χ2v) is 7.29. The number of amides is 2. The van der Waals surface area contributed by atoms with Gasteiger partial charge in [-0.2, -0.15) is 5.26 Å². The summed E-state index contributed by atoms with van der Waals surface area (Å²) in [6.45, 7) is 0. The molecule has 0 N–H and O–H groups in total. The standard InChI is InChI=1S/C26H21N3O4/c1-28(19-7-5-4-6-8-19)24-23(18-11-14-21(32-2)22(15-18)33-3)25(30)29(26(24)31)20-12-9-17(16-27)10-13-20/h4-15H,1-3H3. The van der Waals surface area contributed by atoms with Crippen molar-refractivity contribution >= 4 is 28.8 Å². The quantitative estimate of drug-likeness (QED) is 0.540. The highest BCUT2D eigenvalue weighted by molar-refractivity contribution is 6.46. The molecule has 0 bridgehead atoms. The van der Waals surface area contributed by atoms with Gasteiger partial charge in [0.05, 0.1) is 37.1 Å². The third-order valence-corrected chi connectivity index (χ3v) is 5.47. The normalized spacial score (nSPS) is 13.2. The first-order chi connectivity index (χ1) is 16.0. The molecule has 0 radical (unpaired) electrons. The van der Waals surface area contributed by atoms with Gasteiger partial charge in [-0.05, 0) is 54.1 Å². The second kappa shape index (κ2) is 8.89. The molecule has 0 aliphatic carbocycles. The summed E-state index contributed by atoms with van der Waals surface area (Å²) in [4.78, 5) is 30.1. The monoisotopic (exact) mass is 439 g/mol. The fourth-order valence-electron chi connectivity index (χ4n) is 3.78. The number of nitrogens with zero attached hydrogens (tertiary/aromatic N) is 3. The summed E-state index contributed by atoms with van der Waals surface area (Å²) in [6, 6.07) is 22.8. The first kappa shape index (κ1) is 21.7. The van der Waals surface area contributed by atoms with E-state index in [1.165, 1.54) is 14.2 Å². The number of benzene rings is 3. The maximum Gasteiger partial charge on any atom is 0.282 e. The molecule has 0 spiro atoms. The number of carbonyl (C=O) groups is 2. The maximum absolute atomic E-state index is 13.7. The molecule has 7 nitrogen and oxygen atoms in total. The third-order valence-electron chi connectivity index (χ3n) is 5.47. The molecule has 0 saturated carbocycles. The number of carbonyl (C=O) groups excluding carboxylic acids is 2. The van der Waals surface area contributed by atoms with Crippen LogP contribution < -0.4 is 19.3 Å². The molecule has 1 heterocycles. The van der Waals surface area contributed by atoms with E-state index >= 15 is 0 Å². The van der Waals surface area contributed by atoms with Crippen molar-refractivity contribution in [3.8, 4) is 17.6 Å². The van der Waals surface area contributed by atoms with Crippen LogP contribution in [-0.2, 0) is 9.59 Å². The largest absolute Gasteiger partial charge is 0.493 e. The SMILES string of the molecule is COc1ccc(C2=C(N(C)c3ccccc3)C(=O)N(c3ccc(C#N)cc3)C2=O)cc1OC. The number of imide groups is 1. The number of hydrogen-bond donors (Lipinski definition) is 0. The molecule has 4 rings (SSSR count). The number of ether oxygens (including phenoxy) is 2. The van der Waals surface area contributed by atoms with Crippen LogP contribution in [0.5, 0.6) is 11.5 Å². The van der Waals surface area contributed by atoms with Gasteiger partial charge in [0.1, 0.15) is 5.70 Å². The van der Waals surface area contributed by atoms with E-state index in [4.69, 9.17) is 14.7 Å². The van der Waals surface area contributed by atoms with Gasteiger partial charge in [0.15, 0.2) is 11.5 Å². The van der Waals surface area contributed by atoms with E-state index in [1.54, 1.807) is 54.4 Å². The van der Waals surface area contributed by atoms with Crippen LogP contribution in [0.1, 0.15) is 11.1 Å². The van der Waals surface area contributed by atoms with Crippen molar-refractivity contribution in [2.75, 3.05) is 31.1 Å². The smallest absolute Gasteiger partial charge is 0.282 e. The Bertz CT molecular complexity index is 1290. The van der Waals surface area contributed by atoms with E-state index in [-0.39, 0.29) is 11.3 Å². The Kier molecular flexibility index (Phi) is 5.83. The summed E-state index contributed by atoms with van der Waals surface area (Å²) in [6.07, 6.45) is 0. The summed E-state index contributed by atoms with van der Waals surface area (Å²) in [5.41, 5.74) is 2.60. The Morgan fingerprint density at radius 2 is 1.52 bits per heavy atom. The van der Waals surface area contributed by atoms with Crippen LogP contribution in [0.2, 0.25) is 0 Å². The minimum atomic E-state index is -0.463. The molecule has 0 fully saturated rings. The first-order valence-corrected chi connectivity index (χ1v) is 10.1. The minimum Gasteiger partial charge on any atom is -0.493 e. The summed E-state index contributed by atoms with van der Waals surface area (Å²) >= 11 is 0. The topological polar surface area (TPSA) is 82.9 Å². The Hall–Kier alpha value is -4.57. The fraction of sp³-hybridized carbons (Fsp3) is 0.115. The molecule has 0 unspecified atom stereocenters. The Morgan fingerprint density at radius 3 is 2.12 bits per heavy atom. The zero-order valence-electron chi connectivity index (χ0n) is 18.4. The maximum atomic E-state index is 13.7. The van der Waals surface area contributed by atoms with Crippen molar-refractivity contribution in [2.45, 2.75) is 0 Å². The van der Waals surface area contributed by atoms with Gasteiger partial charge in [0, 0.05) is 12.7 Å². The third kappa shape index (κ3) is 3.79. The first-order valence-electron chi connectivity index (χ1n) is 10.1. The molecule has 164 valence electrons. The van der Waals surface area contributed by atoms with Gasteiger partial charge in [-0.1, -0.05) is 24.3 Å². The van der Waals surface area contributed by atoms with Gasteiger partial charge in [-0.15, -0.1) is 0 Å². The molecule has 33 heavy (non-hydrogen) atoms. The average molecular weight is 439 g/mol. The van der Waals surface area contributed by atoms with Gasteiger partial charge in [0.25, 0.3) is 11.8 Å². The summed E-state index contributed by atoms with van der Waals surface area (Å²) < 4.78 is 10.7. The number of anilines is 2. The van der Waals surface area contributed by atoms with Crippen LogP contribution in [0.3, 0.4) is 0 Å². The Labute approximate surface area is 191 Å². The lowest BCUT2D eigenvalue weighted by Gasteiger charge is -2.21. The van der Waals surface area contributed by atoms with Gasteiger partial charge in [-0.3, -0.25) is 9.59 Å². The molecule has 3 aromatic carbocycles. The minimum absolute atomic E-state index is 0.239. The van der Waals surface area contributed by atoms with Crippen molar-refractivity contribution in [2.24, 2.45) is 0 Å². The number of para-hydroxylation sites is 1. The number of likely N-dealkylation sites (N-methyl/N-ethyl adjacent to an activating group) is 1. The van der Waals surface area contributed by atoms with Crippen molar-refractivity contribution in [3.63, 3.8) is 0 Å². The van der Waals surface area contributed by atoms with Crippen molar-refractivity contribution < 1.29 is 19.1 Å². The lowest BCUT2D eigenvalue weighted by Crippen LogP contribution is -2.34. The molecule has 0 saturated heterocycles. The van der Waals surface area contributed by atoms with E-state index in [9.17, 15) is 9.59 Å².